The Morgan fingerprint density at radius 1 is 0.706 bits per heavy atom. The van der Waals surface area contributed by atoms with Gasteiger partial charge in [0.1, 0.15) is 0 Å². The Kier molecular flexibility index (Phi) is 3.96. The van der Waals surface area contributed by atoms with E-state index in [0.717, 1.165) is 36.2 Å². The zero-order valence-electron chi connectivity index (χ0n) is 20.7. The second-order valence-electron chi connectivity index (χ2n) is 14.8. The molecule has 0 heterocycles. The number of carboxylic acids is 2. The first-order valence-electron chi connectivity index (χ1n) is 13.6. The van der Waals surface area contributed by atoms with E-state index in [0.29, 0.717) is 21.7 Å². The Morgan fingerprint density at radius 3 is 1.85 bits per heavy atom. The molecule has 0 radical (unpaired) electrons. The molecular weight excluding hydrogens is 424 g/mol. The van der Waals surface area contributed by atoms with Crippen molar-refractivity contribution in [3.05, 3.63) is 34.9 Å². The molecule has 0 saturated heterocycles. The average Bonchev–Trinajstić information content (AvgIpc) is 2.69. The quantitative estimate of drug-likeness (QED) is 0.509. The van der Waals surface area contributed by atoms with Crippen LogP contribution < -0.4 is 0 Å². The first kappa shape index (κ1) is 21.4. The highest BCUT2D eigenvalue weighted by molar-refractivity contribution is 6.01. The standard InChI is InChI=1S/C30H38O4/c1-26-7-20-8-27(2,14-26)16-30(13-20,15-26)29-11-18-5-19(12-29)10-28(9-18,17-29)21-3-4-22(24(31)32)23(6-21)25(33)34/h3-4,6,18-20H,5,7-17H2,1-2H3,(H,31,32)(H,33,34). The molecule has 8 aliphatic rings. The van der Waals surface area contributed by atoms with Crippen LogP contribution >= 0.6 is 0 Å². The first-order chi connectivity index (χ1) is 16.0. The van der Waals surface area contributed by atoms with Gasteiger partial charge in [-0.1, -0.05) is 19.9 Å². The highest BCUT2D eigenvalue weighted by Crippen LogP contribution is 2.80. The van der Waals surface area contributed by atoms with Crippen LogP contribution in [0.1, 0.15) is 117 Å². The smallest absolute Gasteiger partial charge is 0.336 e. The van der Waals surface area contributed by atoms with Gasteiger partial charge in [0.15, 0.2) is 0 Å². The Labute approximate surface area is 202 Å². The third-order valence-electron chi connectivity index (χ3n) is 11.9. The number of carboxylic acid groups (broad SMARTS) is 2. The predicted octanol–water partition coefficient (Wildman–Crippen LogP) is 6.92. The maximum Gasteiger partial charge on any atom is 0.336 e. The van der Waals surface area contributed by atoms with Crippen molar-refractivity contribution in [1.82, 2.24) is 0 Å². The van der Waals surface area contributed by atoms with E-state index in [1.54, 1.807) is 12.1 Å². The number of hydrogen-bond acceptors (Lipinski definition) is 2. The van der Waals surface area contributed by atoms with Crippen molar-refractivity contribution in [2.24, 2.45) is 39.4 Å². The molecule has 4 atom stereocenters. The van der Waals surface area contributed by atoms with Gasteiger partial charge in [0.05, 0.1) is 11.1 Å². The van der Waals surface area contributed by atoms with Crippen LogP contribution in [0.2, 0.25) is 0 Å². The molecule has 4 unspecified atom stereocenters. The molecule has 34 heavy (non-hydrogen) atoms. The fraction of sp³-hybridized carbons (Fsp3) is 0.733. The molecule has 2 N–H and O–H groups in total. The fourth-order valence-electron chi connectivity index (χ4n) is 12.5. The lowest BCUT2D eigenvalue weighted by Crippen LogP contribution is -2.66. The van der Waals surface area contributed by atoms with Crippen LogP contribution in [0.15, 0.2) is 18.2 Å². The SMILES string of the molecule is CC12CC3CC(C)(C1)CC(C14CC5CC(CC(c6ccc(C(=O)O)c(C(=O)O)c6)(C5)C1)C4)(C3)C2. The summed E-state index contributed by atoms with van der Waals surface area (Å²) in [5.41, 5.74) is 2.85. The lowest BCUT2D eigenvalue weighted by molar-refractivity contribution is -0.242. The monoisotopic (exact) mass is 462 g/mol. The van der Waals surface area contributed by atoms with Gasteiger partial charge in [-0.25, -0.2) is 9.59 Å². The van der Waals surface area contributed by atoms with E-state index in [2.05, 4.69) is 13.8 Å². The summed E-state index contributed by atoms with van der Waals surface area (Å²) < 4.78 is 0. The van der Waals surface area contributed by atoms with Gasteiger partial charge in [0.2, 0.25) is 0 Å². The highest BCUT2D eigenvalue weighted by atomic mass is 16.4. The van der Waals surface area contributed by atoms with E-state index < -0.39 is 11.9 Å². The summed E-state index contributed by atoms with van der Waals surface area (Å²) in [4.78, 5) is 23.7. The van der Waals surface area contributed by atoms with E-state index in [9.17, 15) is 19.8 Å². The van der Waals surface area contributed by atoms with Crippen molar-refractivity contribution >= 4 is 11.9 Å². The highest BCUT2D eigenvalue weighted by Gasteiger charge is 2.71. The molecule has 0 aliphatic heterocycles. The molecule has 8 bridgehead atoms. The number of carbonyl (C=O) groups is 2. The van der Waals surface area contributed by atoms with Crippen molar-refractivity contribution in [1.29, 1.82) is 0 Å². The number of hydrogen-bond donors (Lipinski definition) is 2. The minimum absolute atomic E-state index is 0.0243. The Bertz CT molecular complexity index is 1080. The molecule has 9 rings (SSSR count). The molecule has 0 spiro atoms. The number of aromatic carboxylic acids is 2. The molecule has 8 saturated carbocycles. The van der Waals surface area contributed by atoms with Gasteiger partial charge in [-0.15, -0.1) is 0 Å². The van der Waals surface area contributed by atoms with Crippen LogP contribution in [0.5, 0.6) is 0 Å². The molecule has 8 aliphatic carbocycles. The van der Waals surface area contributed by atoms with E-state index in [1.807, 2.05) is 6.07 Å². The van der Waals surface area contributed by atoms with E-state index >= 15 is 0 Å². The van der Waals surface area contributed by atoms with Crippen molar-refractivity contribution in [2.75, 3.05) is 0 Å². The predicted molar refractivity (Wildman–Crippen MR) is 129 cm³/mol. The van der Waals surface area contributed by atoms with Crippen LogP contribution in [0, 0.1) is 39.4 Å². The molecule has 4 heteroatoms. The number of rotatable bonds is 4. The molecule has 0 aromatic heterocycles. The normalized spacial score (nSPS) is 50.0. The zero-order chi connectivity index (χ0) is 23.7. The molecule has 182 valence electrons. The second kappa shape index (κ2) is 6.28. The van der Waals surface area contributed by atoms with Crippen LogP contribution in [0.3, 0.4) is 0 Å². The van der Waals surface area contributed by atoms with E-state index in [1.165, 1.54) is 64.2 Å². The molecular formula is C30H38O4. The van der Waals surface area contributed by atoms with Crippen LogP contribution in [0.25, 0.3) is 0 Å². The van der Waals surface area contributed by atoms with Gasteiger partial charge in [-0.2, -0.15) is 0 Å². The molecule has 4 nitrogen and oxygen atoms in total. The maximum absolute atomic E-state index is 12.0. The van der Waals surface area contributed by atoms with Gasteiger partial charge in [0, 0.05) is 0 Å². The Balaban J connectivity index is 1.34. The molecule has 0 amide bonds. The Morgan fingerprint density at radius 2 is 1.29 bits per heavy atom. The van der Waals surface area contributed by atoms with Gasteiger partial charge in [0.25, 0.3) is 0 Å². The van der Waals surface area contributed by atoms with Crippen molar-refractivity contribution in [3.8, 4) is 0 Å². The third kappa shape index (κ3) is 2.72. The minimum atomic E-state index is -1.15. The maximum atomic E-state index is 12.0. The average molecular weight is 463 g/mol. The van der Waals surface area contributed by atoms with Gasteiger partial charge in [-0.3, -0.25) is 0 Å². The van der Waals surface area contributed by atoms with Crippen molar-refractivity contribution < 1.29 is 19.8 Å². The summed E-state index contributed by atoms with van der Waals surface area (Å²) in [7, 11) is 0. The fourth-order valence-corrected chi connectivity index (χ4v) is 12.5. The van der Waals surface area contributed by atoms with E-state index in [4.69, 9.17) is 0 Å². The van der Waals surface area contributed by atoms with Crippen LogP contribution in [0.4, 0.5) is 0 Å². The lowest BCUT2D eigenvalue weighted by atomic mass is 9.29. The molecule has 8 fully saturated rings. The summed E-state index contributed by atoms with van der Waals surface area (Å²) in [6.07, 6.45) is 16.1. The topological polar surface area (TPSA) is 74.6 Å². The van der Waals surface area contributed by atoms with Crippen LogP contribution in [-0.4, -0.2) is 22.2 Å². The first-order valence-corrected chi connectivity index (χ1v) is 13.6. The van der Waals surface area contributed by atoms with Crippen LogP contribution in [-0.2, 0) is 5.41 Å². The summed E-state index contributed by atoms with van der Waals surface area (Å²) in [6, 6.07) is 5.28. The Hall–Kier alpha value is -1.84. The minimum Gasteiger partial charge on any atom is -0.478 e. The second-order valence-corrected chi connectivity index (χ2v) is 14.8. The van der Waals surface area contributed by atoms with Crippen molar-refractivity contribution in [3.63, 3.8) is 0 Å². The van der Waals surface area contributed by atoms with Gasteiger partial charge in [-0.05, 0) is 140 Å². The zero-order valence-corrected chi connectivity index (χ0v) is 20.7. The lowest BCUT2D eigenvalue weighted by Gasteiger charge is -2.75. The van der Waals surface area contributed by atoms with Gasteiger partial charge < -0.3 is 10.2 Å². The summed E-state index contributed by atoms with van der Waals surface area (Å²) in [6.45, 7) is 5.18. The van der Waals surface area contributed by atoms with E-state index in [-0.39, 0.29) is 16.5 Å². The number of benzene rings is 1. The summed E-state index contributed by atoms with van der Waals surface area (Å²) >= 11 is 0. The van der Waals surface area contributed by atoms with Gasteiger partial charge >= 0.3 is 11.9 Å². The largest absolute Gasteiger partial charge is 0.478 e. The van der Waals surface area contributed by atoms with Crippen molar-refractivity contribution in [2.45, 2.75) is 96.3 Å². The summed E-state index contributed by atoms with van der Waals surface area (Å²) in [5.74, 6) is 0.0925. The molecule has 1 aromatic rings. The summed E-state index contributed by atoms with van der Waals surface area (Å²) in [5, 5.41) is 19.4. The molecule has 1 aromatic carbocycles. The third-order valence-corrected chi connectivity index (χ3v) is 11.9.